The maximum Gasteiger partial charge on any atom is 0.223 e. The molecule has 0 atom stereocenters. The minimum atomic E-state index is -0.0273. The first-order valence-corrected chi connectivity index (χ1v) is 4.51. The lowest BCUT2D eigenvalue weighted by Crippen LogP contribution is -2.10. The SMILES string of the molecule is CC(C)(C)c1c[nH]c2ncnc(O)c12. The largest absolute Gasteiger partial charge is 0.493 e. The zero-order valence-corrected chi connectivity index (χ0v) is 8.50. The van der Waals surface area contributed by atoms with Crippen molar-refractivity contribution in [2.45, 2.75) is 26.2 Å². The van der Waals surface area contributed by atoms with Crippen molar-refractivity contribution in [2.75, 3.05) is 0 Å². The van der Waals surface area contributed by atoms with Gasteiger partial charge in [-0.3, -0.25) is 0 Å². The molecule has 2 aromatic heterocycles. The summed E-state index contributed by atoms with van der Waals surface area (Å²) in [4.78, 5) is 10.9. The smallest absolute Gasteiger partial charge is 0.223 e. The number of aromatic hydroxyl groups is 1. The Bertz CT molecular complexity index is 468. The molecule has 0 bridgehead atoms. The van der Waals surface area contributed by atoms with E-state index in [9.17, 15) is 5.11 Å². The highest BCUT2D eigenvalue weighted by molar-refractivity contribution is 5.85. The Balaban J connectivity index is 2.80. The molecule has 0 fully saturated rings. The van der Waals surface area contributed by atoms with Crippen LogP contribution in [0, 0.1) is 0 Å². The second kappa shape index (κ2) is 2.70. The van der Waals surface area contributed by atoms with E-state index in [2.05, 4.69) is 35.7 Å². The summed E-state index contributed by atoms with van der Waals surface area (Å²) in [5, 5.41) is 10.4. The summed E-state index contributed by atoms with van der Waals surface area (Å²) >= 11 is 0. The van der Waals surface area contributed by atoms with E-state index in [1.54, 1.807) is 0 Å². The fourth-order valence-electron chi connectivity index (χ4n) is 1.54. The molecular weight excluding hydrogens is 178 g/mol. The van der Waals surface area contributed by atoms with Crippen LogP contribution in [-0.4, -0.2) is 20.1 Å². The summed E-state index contributed by atoms with van der Waals surface area (Å²) in [6.45, 7) is 6.26. The second-order valence-electron chi connectivity index (χ2n) is 4.37. The van der Waals surface area contributed by atoms with E-state index in [0.717, 1.165) is 10.9 Å². The van der Waals surface area contributed by atoms with E-state index in [4.69, 9.17) is 0 Å². The number of H-pyrrole nitrogens is 1. The van der Waals surface area contributed by atoms with Gasteiger partial charge in [-0.1, -0.05) is 20.8 Å². The van der Waals surface area contributed by atoms with Crippen LogP contribution in [0.2, 0.25) is 0 Å². The number of aromatic nitrogens is 3. The van der Waals surface area contributed by atoms with Crippen LogP contribution >= 0.6 is 0 Å². The van der Waals surface area contributed by atoms with E-state index in [0.29, 0.717) is 5.65 Å². The predicted octanol–water partition coefficient (Wildman–Crippen LogP) is 1.96. The first-order valence-electron chi connectivity index (χ1n) is 4.51. The molecule has 2 rings (SSSR count). The van der Waals surface area contributed by atoms with E-state index < -0.39 is 0 Å². The molecule has 0 aliphatic rings. The topological polar surface area (TPSA) is 61.8 Å². The Hall–Kier alpha value is -1.58. The number of nitrogens with zero attached hydrogens (tertiary/aromatic N) is 2. The molecule has 0 spiro atoms. The lowest BCUT2D eigenvalue weighted by molar-refractivity contribution is 0.457. The summed E-state index contributed by atoms with van der Waals surface area (Å²) in [6, 6.07) is 0. The van der Waals surface area contributed by atoms with E-state index in [1.807, 2.05) is 6.20 Å². The maximum atomic E-state index is 9.63. The highest BCUT2D eigenvalue weighted by Gasteiger charge is 2.21. The van der Waals surface area contributed by atoms with Crippen molar-refractivity contribution in [1.29, 1.82) is 0 Å². The van der Waals surface area contributed by atoms with Gasteiger partial charge in [-0.25, -0.2) is 9.97 Å². The maximum absolute atomic E-state index is 9.63. The molecule has 2 N–H and O–H groups in total. The minimum absolute atomic E-state index is 0.0273. The van der Waals surface area contributed by atoms with E-state index in [1.165, 1.54) is 6.33 Å². The van der Waals surface area contributed by atoms with Gasteiger partial charge in [0.1, 0.15) is 12.0 Å². The Kier molecular flexibility index (Phi) is 1.74. The summed E-state index contributed by atoms with van der Waals surface area (Å²) < 4.78 is 0. The second-order valence-corrected chi connectivity index (χ2v) is 4.37. The number of rotatable bonds is 0. The van der Waals surface area contributed by atoms with E-state index in [-0.39, 0.29) is 11.3 Å². The molecule has 14 heavy (non-hydrogen) atoms. The standard InChI is InChI=1S/C10H13N3O/c1-10(2,3)6-4-11-8-7(6)9(14)13-5-12-8/h4-5H,1-3H3,(H2,11,12,13,14). The van der Waals surface area contributed by atoms with Gasteiger partial charge in [-0.2, -0.15) is 0 Å². The van der Waals surface area contributed by atoms with Crippen LogP contribution in [0.15, 0.2) is 12.5 Å². The van der Waals surface area contributed by atoms with Crippen molar-refractivity contribution in [3.63, 3.8) is 0 Å². The highest BCUT2D eigenvalue weighted by Crippen LogP contribution is 2.32. The summed E-state index contributed by atoms with van der Waals surface area (Å²) in [7, 11) is 0. The number of fused-ring (bicyclic) bond motifs is 1. The Morgan fingerprint density at radius 2 is 2.00 bits per heavy atom. The average Bonchev–Trinajstić information content (AvgIpc) is 2.47. The van der Waals surface area contributed by atoms with Crippen molar-refractivity contribution in [3.8, 4) is 5.88 Å². The third-order valence-electron chi connectivity index (χ3n) is 2.26. The van der Waals surface area contributed by atoms with Gasteiger partial charge in [0.15, 0.2) is 0 Å². The Morgan fingerprint density at radius 1 is 1.29 bits per heavy atom. The molecule has 0 unspecified atom stereocenters. The molecule has 0 aliphatic heterocycles. The van der Waals surface area contributed by atoms with Crippen molar-refractivity contribution >= 4 is 11.0 Å². The van der Waals surface area contributed by atoms with Crippen LogP contribution in [0.3, 0.4) is 0 Å². The molecule has 0 aliphatic carbocycles. The third-order valence-corrected chi connectivity index (χ3v) is 2.26. The van der Waals surface area contributed by atoms with Crippen LogP contribution in [0.5, 0.6) is 5.88 Å². The molecular formula is C10H13N3O. The third kappa shape index (κ3) is 1.23. The molecule has 0 saturated heterocycles. The first kappa shape index (κ1) is 8.99. The van der Waals surface area contributed by atoms with Gasteiger partial charge in [0.2, 0.25) is 5.88 Å². The van der Waals surface area contributed by atoms with Gasteiger partial charge in [0.05, 0.1) is 5.39 Å². The molecule has 0 amide bonds. The van der Waals surface area contributed by atoms with Crippen LogP contribution in [-0.2, 0) is 5.41 Å². The number of nitrogens with one attached hydrogen (secondary N) is 1. The molecule has 4 nitrogen and oxygen atoms in total. The van der Waals surface area contributed by atoms with Crippen molar-refractivity contribution in [1.82, 2.24) is 15.0 Å². The van der Waals surface area contributed by atoms with Gasteiger partial charge in [0.25, 0.3) is 0 Å². The highest BCUT2D eigenvalue weighted by atomic mass is 16.3. The molecule has 0 radical (unpaired) electrons. The molecule has 2 aromatic rings. The Morgan fingerprint density at radius 3 is 2.64 bits per heavy atom. The predicted molar refractivity (Wildman–Crippen MR) is 54.3 cm³/mol. The Labute approximate surface area is 82.0 Å². The molecule has 74 valence electrons. The lowest BCUT2D eigenvalue weighted by Gasteiger charge is -2.17. The summed E-state index contributed by atoms with van der Waals surface area (Å²) in [6.07, 6.45) is 3.22. The number of hydrogen-bond acceptors (Lipinski definition) is 3. The van der Waals surface area contributed by atoms with Crippen LogP contribution in [0.1, 0.15) is 26.3 Å². The summed E-state index contributed by atoms with van der Waals surface area (Å²) in [5.74, 6) is 0.0428. The quantitative estimate of drug-likeness (QED) is 0.669. The van der Waals surface area contributed by atoms with Crippen molar-refractivity contribution < 1.29 is 5.11 Å². The summed E-state index contributed by atoms with van der Waals surface area (Å²) in [5.41, 5.74) is 1.69. The van der Waals surface area contributed by atoms with Crippen molar-refractivity contribution in [2.24, 2.45) is 0 Å². The normalized spacial score (nSPS) is 12.2. The molecule has 4 heteroatoms. The average molecular weight is 191 g/mol. The van der Waals surface area contributed by atoms with Gasteiger partial charge in [-0.15, -0.1) is 0 Å². The zero-order valence-electron chi connectivity index (χ0n) is 8.50. The lowest BCUT2D eigenvalue weighted by atomic mass is 9.87. The van der Waals surface area contributed by atoms with Gasteiger partial charge in [-0.05, 0) is 11.0 Å². The fourth-order valence-corrected chi connectivity index (χ4v) is 1.54. The molecule has 0 saturated carbocycles. The monoisotopic (exact) mass is 191 g/mol. The van der Waals surface area contributed by atoms with E-state index >= 15 is 0 Å². The van der Waals surface area contributed by atoms with Gasteiger partial charge in [0, 0.05) is 6.20 Å². The van der Waals surface area contributed by atoms with Crippen LogP contribution in [0.25, 0.3) is 11.0 Å². The van der Waals surface area contributed by atoms with Crippen LogP contribution < -0.4 is 0 Å². The van der Waals surface area contributed by atoms with Gasteiger partial charge < -0.3 is 10.1 Å². The molecule has 2 heterocycles. The van der Waals surface area contributed by atoms with Crippen LogP contribution in [0.4, 0.5) is 0 Å². The van der Waals surface area contributed by atoms with Crippen molar-refractivity contribution in [3.05, 3.63) is 18.1 Å². The fraction of sp³-hybridized carbons (Fsp3) is 0.400. The number of aromatic amines is 1. The molecule has 0 aromatic carbocycles. The minimum Gasteiger partial charge on any atom is -0.493 e. The number of hydrogen-bond donors (Lipinski definition) is 2. The zero-order chi connectivity index (χ0) is 10.3. The first-order chi connectivity index (χ1) is 6.50. The van der Waals surface area contributed by atoms with Gasteiger partial charge >= 0.3 is 0 Å².